The molecule has 0 aromatic carbocycles. The first-order valence-electron chi connectivity index (χ1n) is 7.18. The Morgan fingerprint density at radius 1 is 1.35 bits per heavy atom. The minimum atomic E-state index is 0.660. The predicted molar refractivity (Wildman–Crippen MR) is 76.4 cm³/mol. The topological polar surface area (TPSA) is 15.3 Å². The van der Waals surface area contributed by atoms with Crippen LogP contribution in [0.1, 0.15) is 46.0 Å². The molecule has 1 aliphatic carbocycles. The molecule has 2 nitrogen and oxygen atoms in total. The van der Waals surface area contributed by atoms with Crippen molar-refractivity contribution < 1.29 is 0 Å². The van der Waals surface area contributed by atoms with Crippen molar-refractivity contribution >= 4 is 0 Å². The Bertz CT molecular complexity index is 231. The second-order valence-electron chi connectivity index (χ2n) is 5.89. The average Bonchev–Trinajstić information content (AvgIpc) is 2.25. The molecule has 1 fully saturated rings. The monoisotopic (exact) mass is 238 g/mol. The Kier molecular flexibility index (Phi) is 6.83. The highest BCUT2D eigenvalue weighted by molar-refractivity contribution is 5.14. The molecule has 1 N–H and O–H groups in total. The van der Waals surface area contributed by atoms with Crippen LogP contribution < -0.4 is 5.32 Å². The van der Waals surface area contributed by atoms with Crippen molar-refractivity contribution in [1.82, 2.24) is 10.2 Å². The van der Waals surface area contributed by atoms with E-state index < -0.39 is 0 Å². The van der Waals surface area contributed by atoms with E-state index in [1.807, 2.05) is 0 Å². The van der Waals surface area contributed by atoms with Crippen molar-refractivity contribution in [2.45, 2.75) is 52.0 Å². The lowest BCUT2D eigenvalue weighted by atomic mass is 9.88. The van der Waals surface area contributed by atoms with Crippen LogP contribution in [0.15, 0.2) is 11.6 Å². The van der Waals surface area contributed by atoms with E-state index in [0.717, 1.165) is 6.54 Å². The highest BCUT2D eigenvalue weighted by Gasteiger charge is 2.17. The van der Waals surface area contributed by atoms with Gasteiger partial charge < -0.3 is 10.2 Å². The first kappa shape index (κ1) is 14.7. The molecule has 17 heavy (non-hydrogen) atoms. The van der Waals surface area contributed by atoms with Crippen LogP contribution in [-0.2, 0) is 0 Å². The van der Waals surface area contributed by atoms with Gasteiger partial charge in [0, 0.05) is 6.04 Å². The van der Waals surface area contributed by atoms with Crippen molar-refractivity contribution in [2.75, 3.05) is 27.2 Å². The van der Waals surface area contributed by atoms with Gasteiger partial charge in [-0.1, -0.05) is 31.9 Å². The summed E-state index contributed by atoms with van der Waals surface area (Å²) in [6.07, 6.45) is 9.14. The molecular weight excluding hydrogens is 208 g/mol. The van der Waals surface area contributed by atoms with Gasteiger partial charge in [0.15, 0.2) is 0 Å². The highest BCUT2D eigenvalue weighted by Crippen LogP contribution is 2.24. The summed E-state index contributed by atoms with van der Waals surface area (Å²) >= 11 is 0. The van der Waals surface area contributed by atoms with Gasteiger partial charge in [-0.25, -0.2) is 0 Å². The maximum absolute atomic E-state index is 3.74. The molecule has 0 heterocycles. The summed E-state index contributed by atoms with van der Waals surface area (Å²) in [4.78, 5) is 2.26. The summed E-state index contributed by atoms with van der Waals surface area (Å²) in [6.45, 7) is 6.90. The van der Waals surface area contributed by atoms with Crippen LogP contribution in [0.5, 0.6) is 0 Å². The molecular formula is C15H30N2. The maximum atomic E-state index is 3.74. The molecule has 2 heteroatoms. The van der Waals surface area contributed by atoms with Crippen LogP contribution >= 0.6 is 0 Å². The molecule has 0 saturated heterocycles. The fraction of sp³-hybridized carbons (Fsp3) is 0.867. The molecule has 1 saturated carbocycles. The van der Waals surface area contributed by atoms with Crippen molar-refractivity contribution in [2.24, 2.45) is 5.92 Å². The van der Waals surface area contributed by atoms with Gasteiger partial charge in [-0.3, -0.25) is 0 Å². The minimum Gasteiger partial charge on any atom is -0.310 e. The SMILES string of the molecule is CC(C)/C=C1/CCCCC1NCCCN(C)C. The van der Waals surface area contributed by atoms with Gasteiger partial charge in [0.25, 0.3) is 0 Å². The lowest BCUT2D eigenvalue weighted by molar-refractivity contribution is 0.379. The third-order valence-corrected chi connectivity index (χ3v) is 3.38. The third-order valence-electron chi connectivity index (χ3n) is 3.38. The lowest BCUT2D eigenvalue weighted by Gasteiger charge is -2.27. The molecule has 100 valence electrons. The molecule has 0 aromatic rings. The molecule has 0 bridgehead atoms. The number of hydrogen-bond donors (Lipinski definition) is 1. The van der Waals surface area contributed by atoms with Gasteiger partial charge in [-0.2, -0.15) is 0 Å². The first-order valence-corrected chi connectivity index (χ1v) is 7.18. The molecule has 0 spiro atoms. The first-order chi connectivity index (χ1) is 8.09. The van der Waals surface area contributed by atoms with Crippen LogP contribution in [0.3, 0.4) is 0 Å². The summed E-state index contributed by atoms with van der Waals surface area (Å²) in [5.41, 5.74) is 1.66. The quantitative estimate of drug-likeness (QED) is 0.565. The van der Waals surface area contributed by atoms with E-state index in [2.05, 4.69) is 44.2 Å². The molecule has 0 aromatic heterocycles. The Balaban J connectivity index is 2.33. The number of nitrogens with one attached hydrogen (secondary N) is 1. The van der Waals surface area contributed by atoms with Gasteiger partial charge >= 0.3 is 0 Å². The fourth-order valence-corrected chi connectivity index (χ4v) is 2.57. The van der Waals surface area contributed by atoms with E-state index in [1.54, 1.807) is 5.57 Å². The fourth-order valence-electron chi connectivity index (χ4n) is 2.57. The van der Waals surface area contributed by atoms with Crippen LogP contribution in [0.2, 0.25) is 0 Å². The molecule has 1 unspecified atom stereocenters. The van der Waals surface area contributed by atoms with Gasteiger partial charge in [0.1, 0.15) is 0 Å². The zero-order valence-electron chi connectivity index (χ0n) is 12.1. The molecule has 1 rings (SSSR count). The van der Waals surface area contributed by atoms with E-state index in [4.69, 9.17) is 0 Å². The largest absolute Gasteiger partial charge is 0.310 e. The number of allylic oxidation sites excluding steroid dienone is 1. The summed E-state index contributed by atoms with van der Waals surface area (Å²) in [5, 5.41) is 3.74. The average molecular weight is 238 g/mol. The summed E-state index contributed by atoms with van der Waals surface area (Å²) in [6, 6.07) is 0.660. The molecule has 1 atom stereocenters. The summed E-state index contributed by atoms with van der Waals surface area (Å²) in [5.74, 6) is 0.689. The molecule has 1 aliphatic rings. The Labute approximate surface area is 107 Å². The van der Waals surface area contributed by atoms with Gasteiger partial charge in [-0.05, 0) is 58.8 Å². The van der Waals surface area contributed by atoms with Crippen molar-refractivity contribution in [3.8, 4) is 0 Å². The van der Waals surface area contributed by atoms with Crippen molar-refractivity contribution in [1.29, 1.82) is 0 Å². The summed E-state index contributed by atoms with van der Waals surface area (Å²) < 4.78 is 0. The van der Waals surface area contributed by atoms with Crippen LogP contribution in [0.25, 0.3) is 0 Å². The van der Waals surface area contributed by atoms with E-state index in [9.17, 15) is 0 Å². The number of rotatable bonds is 6. The standard InChI is InChI=1S/C15H30N2/c1-13(2)12-14-8-5-6-9-15(14)16-10-7-11-17(3)4/h12-13,15-16H,5-11H2,1-4H3/b14-12-. The zero-order chi connectivity index (χ0) is 12.7. The molecule has 0 amide bonds. The van der Waals surface area contributed by atoms with Gasteiger partial charge in [0.05, 0.1) is 0 Å². The second-order valence-corrected chi connectivity index (χ2v) is 5.89. The van der Waals surface area contributed by atoms with Gasteiger partial charge in [-0.15, -0.1) is 0 Å². The minimum absolute atomic E-state index is 0.660. The molecule has 0 aliphatic heterocycles. The van der Waals surface area contributed by atoms with E-state index in [-0.39, 0.29) is 0 Å². The normalized spacial score (nSPS) is 23.9. The lowest BCUT2D eigenvalue weighted by Crippen LogP contribution is -2.35. The summed E-state index contributed by atoms with van der Waals surface area (Å²) in [7, 11) is 4.29. The Morgan fingerprint density at radius 3 is 2.76 bits per heavy atom. The van der Waals surface area contributed by atoms with Crippen LogP contribution in [0, 0.1) is 5.92 Å². The van der Waals surface area contributed by atoms with Gasteiger partial charge in [0.2, 0.25) is 0 Å². The van der Waals surface area contributed by atoms with Crippen LogP contribution in [0.4, 0.5) is 0 Å². The van der Waals surface area contributed by atoms with Crippen LogP contribution in [-0.4, -0.2) is 38.1 Å². The van der Waals surface area contributed by atoms with Crippen molar-refractivity contribution in [3.63, 3.8) is 0 Å². The number of nitrogens with zero attached hydrogens (tertiary/aromatic N) is 1. The van der Waals surface area contributed by atoms with E-state index in [0.29, 0.717) is 12.0 Å². The Hall–Kier alpha value is -0.340. The van der Waals surface area contributed by atoms with E-state index >= 15 is 0 Å². The smallest absolute Gasteiger partial charge is 0.0279 e. The van der Waals surface area contributed by atoms with Crippen molar-refractivity contribution in [3.05, 3.63) is 11.6 Å². The maximum Gasteiger partial charge on any atom is 0.0279 e. The van der Waals surface area contributed by atoms with E-state index in [1.165, 1.54) is 38.6 Å². The third kappa shape index (κ3) is 6.23. The Morgan fingerprint density at radius 2 is 2.12 bits per heavy atom. The second kappa shape index (κ2) is 7.88. The highest BCUT2D eigenvalue weighted by atomic mass is 15.1. The predicted octanol–water partition coefficient (Wildman–Crippen LogP) is 3.05. The molecule has 0 radical (unpaired) electrons. The number of hydrogen-bond acceptors (Lipinski definition) is 2. The zero-order valence-corrected chi connectivity index (χ0v) is 12.1.